The van der Waals surface area contributed by atoms with Crippen molar-refractivity contribution in [2.24, 2.45) is 0 Å². The quantitative estimate of drug-likeness (QED) is 0.616. The fraction of sp³-hybridized carbons (Fsp3) is 0.300. The SMILES string of the molecule is CN(C)Nc1cccc(-c2ccc3c(c2)CN(C2CCC(=O)NC2=O)C3=O)n1. The van der Waals surface area contributed by atoms with Gasteiger partial charge in [0.15, 0.2) is 0 Å². The first-order valence-electron chi connectivity index (χ1n) is 9.11. The highest BCUT2D eigenvalue weighted by molar-refractivity contribution is 6.05. The van der Waals surface area contributed by atoms with Crippen LogP contribution in [0.1, 0.15) is 28.8 Å². The molecule has 1 fully saturated rings. The number of imide groups is 1. The zero-order valence-corrected chi connectivity index (χ0v) is 15.7. The highest BCUT2D eigenvalue weighted by Crippen LogP contribution is 2.31. The van der Waals surface area contributed by atoms with Gasteiger partial charge in [0, 0.05) is 38.2 Å². The Morgan fingerprint density at radius 1 is 1.18 bits per heavy atom. The molecule has 3 heterocycles. The van der Waals surface area contributed by atoms with E-state index < -0.39 is 11.9 Å². The number of benzene rings is 1. The van der Waals surface area contributed by atoms with Gasteiger partial charge in [0.1, 0.15) is 11.9 Å². The van der Waals surface area contributed by atoms with Crippen LogP contribution in [0.4, 0.5) is 5.82 Å². The van der Waals surface area contributed by atoms with Crippen molar-refractivity contribution in [3.8, 4) is 11.3 Å². The lowest BCUT2D eigenvalue weighted by Crippen LogP contribution is -2.52. The molecule has 0 radical (unpaired) electrons. The topological polar surface area (TPSA) is 94.6 Å². The molecule has 8 heteroatoms. The average molecular weight is 379 g/mol. The first-order chi connectivity index (χ1) is 13.4. The lowest BCUT2D eigenvalue weighted by molar-refractivity contribution is -0.136. The Bertz CT molecular complexity index is 972. The van der Waals surface area contributed by atoms with Crippen molar-refractivity contribution in [2.75, 3.05) is 19.5 Å². The van der Waals surface area contributed by atoms with E-state index in [1.165, 1.54) is 0 Å². The van der Waals surface area contributed by atoms with Crippen molar-refractivity contribution < 1.29 is 14.4 Å². The number of carbonyl (C=O) groups excluding carboxylic acids is 3. The second-order valence-corrected chi connectivity index (χ2v) is 7.19. The van der Waals surface area contributed by atoms with Crippen molar-refractivity contribution in [3.05, 3.63) is 47.5 Å². The van der Waals surface area contributed by atoms with E-state index in [1.54, 1.807) is 11.0 Å². The molecule has 0 bridgehead atoms. The second-order valence-electron chi connectivity index (χ2n) is 7.19. The largest absolute Gasteiger partial charge is 0.322 e. The molecule has 0 spiro atoms. The molecular formula is C20H21N5O3. The summed E-state index contributed by atoms with van der Waals surface area (Å²) >= 11 is 0. The first kappa shape index (κ1) is 18.1. The smallest absolute Gasteiger partial charge is 0.255 e. The number of piperidine rings is 1. The molecule has 3 amide bonds. The maximum atomic E-state index is 12.8. The van der Waals surface area contributed by atoms with E-state index in [1.807, 2.05) is 49.4 Å². The van der Waals surface area contributed by atoms with Crippen LogP contribution >= 0.6 is 0 Å². The van der Waals surface area contributed by atoms with Crippen LogP contribution < -0.4 is 10.7 Å². The van der Waals surface area contributed by atoms with Gasteiger partial charge < -0.3 is 10.3 Å². The lowest BCUT2D eigenvalue weighted by atomic mass is 10.0. The van der Waals surface area contributed by atoms with Crippen LogP contribution in [0.3, 0.4) is 0 Å². The molecule has 1 unspecified atom stereocenters. The average Bonchev–Trinajstić information content (AvgIpc) is 2.97. The zero-order chi connectivity index (χ0) is 19.8. The van der Waals surface area contributed by atoms with E-state index >= 15 is 0 Å². The van der Waals surface area contributed by atoms with Gasteiger partial charge in [-0.05, 0) is 36.2 Å². The molecule has 8 nitrogen and oxygen atoms in total. The monoisotopic (exact) mass is 379 g/mol. The van der Waals surface area contributed by atoms with Gasteiger partial charge in [-0.25, -0.2) is 9.99 Å². The minimum absolute atomic E-state index is 0.174. The summed E-state index contributed by atoms with van der Waals surface area (Å²) in [7, 11) is 3.78. The van der Waals surface area contributed by atoms with Crippen molar-refractivity contribution in [1.82, 2.24) is 20.2 Å². The van der Waals surface area contributed by atoms with E-state index in [9.17, 15) is 14.4 Å². The second kappa shape index (κ2) is 7.05. The third-order valence-corrected chi connectivity index (χ3v) is 4.91. The summed E-state index contributed by atoms with van der Waals surface area (Å²) in [5.74, 6) is -0.136. The molecular weight excluding hydrogens is 358 g/mol. The number of hydrazine groups is 1. The highest BCUT2D eigenvalue weighted by Gasteiger charge is 2.39. The number of aromatic nitrogens is 1. The van der Waals surface area contributed by atoms with Gasteiger partial charge >= 0.3 is 0 Å². The Labute approximate surface area is 162 Å². The van der Waals surface area contributed by atoms with E-state index in [0.717, 1.165) is 22.6 Å². The molecule has 1 saturated heterocycles. The molecule has 1 aromatic carbocycles. The number of pyridine rings is 1. The predicted molar refractivity (Wildman–Crippen MR) is 103 cm³/mol. The standard InChI is InChI=1S/C20H21N5O3/c1-24(2)23-17-5-3-4-15(21-17)12-6-7-14-13(10-12)11-25(20(14)28)16-8-9-18(26)22-19(16)27/h3-7,10,16H,8-9,11H2,1-2H3,(H,21,23)(H,22,26,27). The molecule has 1 atom stereocenters. The fourth-order valence-electron chi connectivity index (χ4n) is 3.62. The summed E-state index contributed by atoms with van der Waals surface area (Å²) < 4.78 is 0. The fourth-order valence-corrected chi connectivity index (χ4v) is 3.62. The minimum Gasteiger partial charge on any atom is -0.322 e. The number of rotatable bonds is 4. The molecule has 2 aliphatic rings. The van der Waals surface area contributed by atoms with Gasteiger partial charge in [-0.15, -0.1) is 0 Å². The lowest BCUT2D eigenvalue weighted by Gasteiger charge is -2.29. The normalized spacial score (nSPS) is 19.0. The molecule has 4 rings (SSSR count). The van der Waals surface area contributed by atoms with Crippen molar-refractivity contribution in [1.29, 1.82) is 0 Å². The molecule has 0 aliphatic carbocycles. The third-order valence-electron chi connectivity index (χ3n) is 4.91. The first-order valence-corrected chi connectivity index (χ1v) is 9.11. The Morgan fingerprint density at radius 3 is 2.75 bits per heavy atom. The summed E-state index contributed by atoms with van der Waals surface area (Å²) in [6.07, 6.45) is 0.606. The van der Waals surface area contributed by atoms with Gasteiger partial charge in [-0.2, -0.15) is 0 Å². The van der Waals surface area contributed by atoms with Gasteiger partial charge in [-0.3, -0.25) is 19.7 Å². The molecule has 2 N–H and O–H groups in total. The number of hydrogen-bond donors (Lipinski definition) is 2. The predicted octanol–water partition coefficient (Wildman–Crippen LogP) is 1.40. The van der Waals surface area contributed by atoms with E-state index in [4.69, 9.17) is 0 Å². The van der Waals surface area contributed by atoms with E-state index in [-0.39, 0.29) is 18.2 Å². The van der Waals surface area contributed by atoms with E-state index in [2.05, 4.69) is 15.7 Å². The molecule has 2 aromatic rings. The number of anilines is 1. The highest BCUT2D eigenvalue weighted by atomic mass is 16.2. The summed E-state index contributed by atoms with van der Waals surface area (Å²) in [6, 6.07) is 10.7. The van der Waals surface area contributed by atoms with Crippen molar-refractivity contribution >= 4 is 23.5 Å². The van der Waals surface area contributed by atoms with Gasteiger partial charge in [0.25, 0.3) is 5.91 Å². The van der Waals surface area contributed by atoms with Crippen molar-refractivity contribution in [3.63, 3.8) is 0 Å². The van der Waals surface area contributed by atoms with Crippen LogP contribution in [0.15, 0.2) is 36.4 Å². The van der Waals surface area contributed by atoms with Crippen LogP contribution in [0.25, 0.3) is 11.3 Å². The van der Waals surface area contributed by atoms with Crippen LogP contribution in [0, 0.1) is 0 Å². The van der Waals surface area contributed by atoms with Crippen LogP contribution in [-0.4, -0.2) is 52.8 Å². The van der Waals surface area contributed by atoms with Crippen LogP contribution in [-0.2, 0) is 16.1 Å². The Morgan fingerprint density at radius 2 is 2.00 bits per heavy atom. The minimum atomic E-state index is -0.605. The number of hydrogen-bond acceptors (Lipinski definition) is 6. The summed E-state index contributed by atoms with van der Waals surface area (Å²) in [5.41, 5.74) is 6.27. The Kier molecular flexibility index (Phi) is 4.56. The third kappa shape index (κ3) is 3.34. The number of nitrogens with one attached hydrogen (secondary N) is 2. The van der Waals surface area contributed by atoms with Crippen LogP contribution in [0.5, 0.6) is 0 Å². The summed E-state index contributed by atoms with van der Waals surface area (Å²) in [6.45, 7) is 0.351. The van der Waals surface area contributed by atoms with Gasteiger partial charge in [0.05, 0.1) is 5.69 Å². The Hall–Kier alpha value is -3.26. The Balaban J connectivity index is 1.59. The van der Waals surface area contributed by atoms with Crippen molar-refractivity contribution in [2.45, 2.75) is 25.4 Å². The zero-order valence-electron chi connectivity index (χ0n) is 15.7. The van der Waals surface area contributed by atoms with Gasteiger partial charge in [-0.1, -0.05) is 12.1 Å². The molecule has 0 saturated carbocycles. The van der Waals surface area contributed by atoms with Gasteiger partial charge in [0.2, 0.25) is 11.8 Å². The molecule has 1 aromatic heterocycles. The maximum absolute atomic E-state index is 12.8. The number of carbonyl (C=O) groups is 3. The van der Waals surface area contributed by atoms with Crippen LogP contribution in [0.2, 0.25) is 0 Å². The molecule has 2 aliphatic heterocycles. The maximum Gasteiger partial charge on any atom is 0.255 e. The number of nitrogens with zero attached hydrogens (tertiary/aromatic N) is 3. The van der Waals surface area contributed by atoms with E-state index in [0.29, 0.717) is 18.5 Å². The molecule has 144 valence electrons. The number of amides is 3. The summed E-state index contributed by atoms with van der Waals surface area (Å²) in [5, 5.41) is 4.13. The molecule has 28 heavy (non-hydrogen) atoms. The summed E-state index contributed by atoms with van der Waals surface area (Å²) in [4.78, 5) is 42.5. The number of fused-ring (bicyclic) bond motifs is 1.